The van der Waals surface area contributed by atoms with Crippen LogP contribution in [0, 0.1) is 0 Å². The zero-order chi connectivity index (χ0) is 35.8. The molecule has 9 aromatic rings. The van der Waals surface area contributed by atoms with Gasteiger partial charge in [0, 0.05) is 10.8 Å². The van der Waals surface area contributed by atoms with Crippen molar-refractivity contribution < 1.29 is 14.0 Å². The Morgan fingerprint density at radius 1 is 0.356 bits per heavy atom. The molecule has 210 valence electrons. The number of fused-ring (bicyclic) bond motifs is 5. The lowest BCUT2D eigenvalue weighted by Crippen LogP contribution is -1.92. The molecule has 0 saturated carbocycles. The quantitative estimate of drug-likeness (QED) is 0.189. The molecule has 0 spiro atoms. The average molecular weight is 580 g/mol. The van der Waals surface area contributed by atoms with Crippen LogP contribution >= 0.6 is 0 Å². The van der Waals surface area contributed by atoms with E-state index in [1.54, 1.807) is 0 Å². The van der Waals surface area contributed by atoms with Gasteiger partial charge in [-0.25, -0.2) is 0 Å². The van der Waals surface area contributed by atoms with E-state index in [-0.39, 0.29) is 58.0 Å². The highest BCUT2D eigenvalue weighted by molar-refractivity contribution is 6.22. The summed E-state index contributed by atoms with van der Waals surface area (Å²) in [5.41, 5.74) is 6.24. The minimum absolute atomic E-state index is 0.00901. The first-order valence-corrected chi connectivity index (χ1v) is 14.9. The average Bonchev–Trinajstić information content (AvgIpc) is 3.56. The highest BCUT2D eigenvalue weighted by atomic mass is 16.3. The van der Waals surface area contributed by atoms with E-state index in [2.05, 4.69) is 0 Å². The molecule has 8 aromatic carbocycles. The number of rotatable bonds is 4. The third-order valence-electron chi connectivity index (χ3n) is 8.51. The normalized spacial score (nSPS) is 13.7. The maximum absolute atomic E-state index is 9.84. The SMILES string of the molecule is [2H]c1c([2H])c([2H])c2c(-c3ccc(-c4ccccc4)cc3)c3c([2H])c(-c4ccccc4)c([2H])c([2H])c3c(-c3ccc4oc5ccccc5c4c3)c2c1[2H]. The lowest BCUT2D eigenvalue weighted by Gasteiger charge is -2.19. The summed E-state index contributed by atoms with van der Waals surface area (Å²) >= 11 is 0. The van der Waals surface area contributed by atoms with Gasteiger partial charge >= 0.3 is 0 Å². The summed E-state index contributed by atoms with van der Waals surface area (Å²) in [6, 6.07) is 38.5. The number of para-hydroxylation sites is 1. The Bertz CT molecular complexity index is 2900. The van der Waals surface area contributed by atoms with Crippen molar-refractivity contribution in [1.82, 2.24) is 0 Å². The molecular formula is C44H28O. The van der Waals surface area contributed by atoms with E-state index in [0.717, 1.165) is 21.9 Å². The number of hydrogen-bond acceptors (Lipinski definition) is 1. The van der Waals surface area contributed by atoms with Crippen LogP contribution in [-0.2, 0) is 0 Å². The molecule has 45 heavy (non-hydrogen) atoms. The molecule has 0 aliphatic carbocycles. The van der Waals surface area contributed by atoms with Gasteiger partial charge in [-0.15, -0.1) is 0 Å². The third kappa shape index (κ3) is 4.24. The fourth-order valence-electron chi connectivity index (χ4n) is 6.39. The minimum atomic E-state index is -0.400. The summed E-state index contributed by atoms with van der Waals surface area (Å²) in [7, 11) is 0. The summed E-state index contributed by atoms with van der Waals surface area (Å²) in [4.78, 5) is 0. The maximum atomic E-state index is 9.84. The van der Waals surface area contributed by atoms with Gasteiger partial charge in [-0.05, 0) is 90.3 Å². The summed E-state index contributed by atoms with van der Waals surface area (Å²) in [5, 5.41) is 2.79. The standard InChI is InChI=1S/C44H28O/c1-3-11-29(12-4-1)31-19-21-32(22-20-31)43-36-16-7-8-17-37(36)44(38-25-23-33(27-40(38)43)30-13-5-2-6-14-30)34-24-26-42-39(28-34)35-15-9-10-18-41(35)45-42/h1-28H/i7D,8D,16D,17D,23D,25D,27D. The second kappa shape index (κ2) is 10.4. The molecule has 0 bridgehead atoms. The van der Waals surface area contributed by atoms with Crippen molar-refractivity contribution in [3.63, 3.8) is 0 Å². The van der Waals surface area contributed by atoms with Gasteiger partial charge in [0.1, 0.15) is 11.2 Å². The molecular weight excluding hydrogens is 544 g/mol. The molecule has 1 nitrogen and oxygen atoms in total. The zero-order valence-electron chi connectivity index (χ0n) is 31.0. The Balaban J connectivity index is 1.50. The minimum Gasteiger partial charge on any atom is -0.456 e. The fourth-order valence-corrected chi connectivity index (χ4v) is 6.39. The lowest BCUT2D eigenvalue weighted by molar-refractivity contribution is 0.669. The second-order valence-electron chi connectivity index (χ2n) is 11.1. The van der Waals surface area contributed by atoms with Crippen molar-refractivity contribution in [2.75, 3.05) is 0 Å². The van der Waals surface area contributed by atoms with Crippen LogP contribution in [0.2, 0.25) is 0 Å². The first kappa shape index (κ1) is 19.4. The Labute approximate surface area is 271 Å². The Hall–Kier alpha value is -5.92. The highest BCUT2D eigenvalue weighted by Crippen LogP contribution is 2.46. The summed E-state index contributed by atoms with van der Waals surface area (Å²) in [6.45, 7) is 0. The monoisotopic (exact) mass is 579 g/mol. The number of furan rings is 1. The lowest BCUT2D eigenvalue weighted by atomic mass is 9.84. The first-order valence-electron chi connectivity index (χ1n) is 18.4. The van der Waals surface area contributed by atoms with Crippen LogP contribution in [0.1, 0.15) is 9.60 Å². The van der Waals surface area contributed by atoms with Crippen LogP contribution in [0.5, 0.6) is 0 Å². The molecule has 0 aliphatic heterocycles. The van der Waals surface area contributed by atoms with Gasteiger partial charge < -0.3 is 4.42 Å². The molecule has 9 rings (SSSR count). The zero-order valence-corrected chi connectivity index (χ0v) is 24.0. The molecule has 0 fully saturated rings. The second-order valence-corrected chi connectivity index (χ2v) is 11.1. The number of hydrogen-bond donors (Lipinski definition) is 0. The molecule has 1 heteroatoms. The number of benzene rings is 8. The topological polar surface area (TPSA) is 13.1 Å². The maximum Gasteiger partial charge on any atom is 0.135 e. The molecule has 0 radical (unpaired) electrons. The van der Waals surface area contributed by atoms with Crippen LogP contribution < -0.4 is 0 Å². The van der Waals surface area contributed by atoms with E-state index in [4.69, 9.17) is 7.16 Å². The largest absolute Gasteiger partial charge is 0.456 e. The van der Waals surface area contributed by atoms with Gasteiger partial charge in [0.2, 0.25) is 0 Å². The molecule has 0 aliphatic rings. The van der Waals surface area contributed by atoms with E-state index < -0.39 is 6.04 Å². The Morgan fingerprint density at radius 3 is 1.62 bits per heavy atom. The van der Waals surface area contributed by atoms with Crippen molar-refractivity contribution in [3.05, 3.63) is 170 Å². The highest BCUT2D eigenvalue weighted by Gasteiger charge is 2.19. The van der Waals surface area contributed by atoms with Crippen molar-refractivity contribution in [1.29, 1.82) is 0 Å². The van der Waals surface area contributed by atoms with Crippen LogP contribution in [-0.4, -0.2) is 0 Å². The summed E-state index contributed by atoms with van der Waals surface area (Å²) in [6.07, 6.45) is 0. The Morgan fingerprint density at radius 2 is 0.889 bits per heavy atom. The van der Waals surface area contributed by atoms with Gasteiger partial charge in [-0.2, -0.15) is 0 Å². The van der Waals surface area contributed by atoms with Crippen molar-refractivity contribution >= 4 is 43.5 Å². The van der Waals surface area contributed by atoms with E-state index in [1.807, 2.05) is 127 Å². The van der Waals surface area contributed by atoms with E-state index in [9.17, 15) is 6.85 Å². The predicted octanol–water partition coefficient (Wildman–Crippen LogP) is 12.6. The first-order chi connectivity index (χ1) is 25.2. The van der Waals surface area contributed by atoms with Gasteiger partial charge in [0.05, 0.1) is 9.60 Å². The molecule has 0 unspecified atom stereocenters. The molecule has 1 aromatic heterocycles. The molecule has 0 saturated heterocycles. The smallest absolute Gasteiger partial charge is 0.135 e. The molecule has 0 atom stereocenters. The van der Waals surface area contributed by atoms with Gasteiger partial charge in [-0.3, -0.25) is 0 Å². The Kier molecular flexibility index (Phi) is 4.46. The van der Waals surface area contributed by atoms with Crippen molar-refractivity contribution in [2.45, 2.75) is 0 Å². The van der Waals surface area contributed by atoms with Crippen LogP contribution in [0.4, 0.5) is 0 Å². The van der Waals surface area contributed by atoms with Gasteiger partial charge in [0.25, 0.3) is 0 Å². The molecule has 0 amide bonds. The van der Waals surface area contributed by atoms with Crippen molar-refractivity contribution in [2.24, 2.45) is 0 Å². The predicted molar refractivity (Wildman–Crippen MR) is 190 cm³/mol. The molecule has 0 N–H and O–H groups in total. The van der Waals surface area contributed by atoms with E-state index in [1.165, 1.54) is 0 Å². The van der Waals surface area contributed by atoms with Crippen LogP contribution in [0.25, 0.3) is 88.0 Å². The van der Waals surface area contributed by atoms with Crippen LogP contribution in [0.15, 0.2) is 174 Å². The van der Waals surface area contributed by atoms with E-state index >= 15 is 0 Å². The molecule has 1 heterocycles. The van der Waals surface area contributed by atoms with Gasteiger partial charge in [0.15, 0.2) is 0 Å². The third-order valence-corrected chi connectivity index (χ3v) is 8.51. The fraction of sp³-hybridized carbons (Fsp3) is 0. The van der Waals surface area contributed by atoms with Gasteiger partial charge in [-0.1, -0.05) is 145 Å². The van der Waals surface area contributed by atoms with E-state index in [0.29, 0.717) is 44.4 Å². The summed E-state index contributed by atoms with van der Waals surface area (Å²) < 4.78 is 71.3. The van der Waals surface area contributed by atoms with Crippen LogP contribution in [0.3, 0.4) is 0 Å². The van der Waals surface area contributed by atoms with Crippen molar-refractivity contribution in [3.8, 4) is 44.5 Å². The summed E-state index contributed by atoms with van der Waals surface area (Å²) in [5.74, 6) is 0.